The molecule has 0 aliphatic carbocycles. The molecule has 1 amide bonds. The molecule has 4 aromatic heterocycles. The lowest BCUT2D eigenvalue weighted by molar-refractivity contribution is -0.129. The molecule has 0 spiro atoms. The van der Waals surface area contributed by atoms with Gasteiger partial charge in [-0.05, 0) is 35.4 Å². The van der Waals surface area contributed by atoms with Crippen LogP contribution in [0.3, 0.4) is 0 Å². The van der Waals surface area contributed by atoms with Gasteiger partial charge in [0, 0.05) is 51.6 Å². The smallest absolute Gasteiger partial charge is 0.350 e. The first-order valence-electron chi connectivity index (χ1n) is 13.6. The maximum Gasteiger partial charge on any atom is 0.355 e. The van der Waals surface area contributed by atoms with Crippen molar-refractivity contribution in [2.75, 3.05) is 24.5 Å². The van der Waals surface area contributed by atoms with Gasteiger partial charge in [-0.15, -0.1) is 17.7 Å². The number of aromatic nitrogens is 7. The maximum absolute atomic E-state index is 15.9. The van der Waals surface area contributed by atoms with Gasteiger partial charge in [0.1, 0.15) is 5.82 Å². The van der Waals surface area contributed by atoms with Gasteiger partial charge in [0.15, 0.2) is 17.3 Å². The molecular weight excluding hydrogens is 545 g/mol. The van der Waals surface area contributed by atoms with Crippen LogP contribution in [-0.2, 0) is 17.6 Å². The molecule has 13 heteroatoms. The second kappa shape index (κ2) is 10.4. The van der Waals surface area contributed by atoms with Crippen LogP contribution in [0.4, 0.5) is 10.2 Å². The number of amides is 1. The first-order chi connectivity index (χ1) is 19.6. The van der Waals surface area contributed by atoms with Gasteiger partial charge in [-0.3, -0.25) is 9.78 Å². The SMILES string of the molecule is CC(=O)N1CCN(c2nc(=O)n3c4nc(c(F)cc24)-n2nncc2C/C=C(/S)Cc2ccnc(C(C)C)c2-3)[C@@H](C)C1. The lowest BCUT2D eigenvalue weighted by Crippen LogP contribution is -2.54. The van der Waals surface area contributed by atoms with Crippen molar-refractivity contribution in [2.45, 2.75) is 52.5 Å². The molecule has 41 heavy (non-hydrogen) atoms. The standard InChI is InChI=1S/C28H30FN9O2S/c1-15(2)23-24-18(7-8-30-23)11-20(41)6-5-19-13-31-34-38(19)27-22(29)12-21-25(33-28(40)37(24)26(21)32-27)36-10-9-35(17(4)39)14-16(36)3/h6-8,12-13,15-16,41H,5,9-11,14H2,1-4H3/b20-6+/t16-/m0/s1. The summed E-state index contributed by atoms with van der Waals surface area (Å²) in [5.74, 6) is -0.429. The van der Waals surface area contributed by atoms with Crippen molar-refractivity contribution in [1.29, 1.82) is 0 Å². The molecule has 212 valence electrons. The number of piperazine rings is 1. The second-order valence-electron chi connectivity index (χ2n) is 10.8. The zero-order valence-electron chi connectivity index (χ0n) is 23.2. The lowest BCUT2D eigenvalue weighted by Gasteiger charge is -2.40. The van der Waals surface area contributed by atoms with Gasteiger partial charge in [0.25, 0.3) is 0 Å². The van der Waals surface area contributed by atoms with E-state index < -0.39 is 11.5 Å². The Hall–Kier alpha value is -4.13. The van der Waals surface area contributed by atoms with Crippen LogP contribution in [0.2, 0.25) is 0 Å². The van der Waals surface area contributed by atoms with Crippen molar-refractivity contribution in [3.8, 4) is 11.5 Å². The third kappa shape index (κ3) is 4.67. The highest BCUT2D eigenvalue weighted by Crippen LogP contribution is 2.33. The molecule has 6 heterocycles. The van der Waals surface area contributed by atoms with E-state index in [0.29, 0.717) is 60.8 Å². The number of anilines is 1. The molecule has 0 unspecified atom stereocenters. The highest BCUT2D eigenvalue weighted by Gasteiger charge is 2.31. The maximum atomic E-state index is 15.9. The fraction of sp³-hybridized carbons (Fsp3) is 0.393. The molecule has 2 aliphatic rings. The van der Waals surface area contributed by atoms with Gasteiger partial charge in [0.05, 0.1) is 28.7 Å². The molecule has 6 rings (SSSR count). The summed E-state index contributed by atoms with van der Waals surface area (Å²) in [5.41, 5.74) is 2.38. The number of allylic oxidation sites excluding steroid dienone is 2. The normalized spacial score (nSPS) is 18.5. The molecule has 0 radical (unpaired) electrons. The number of halogens is 1. The Morgan fingerprint density at radius 1 is 1.20 bits per heavy atom. The van der Waals surface area contributed by atoms with Crippen molar-refractivity contribution in [3.63, 3.8) is 0 Å². The monoisotopic (exact) mass is 575 g/mol. The molecule has 0 aromatic carbocycles. The molecular formula is C28H30FN9O2S. The number of rotatable bonds is 2. The van der Waals surface area contributed by atoms with Crippen LogP contribution >= 0.6 is 12.6 Å². The fourth-order valence-corrected chi connectivity index (χ4v) is 5.88. The van der Waals surface area contributed by atoms with Crippen LogP contribution in [0.5, 0.6) is 0 Å². The third-order valence-corrected chi connectivity index (χ3v) is 8.01. The number of hydrogen-bond acceptors (Lipinski definition) is 9. The summed E-state index contributed by atoms with van der Waals surface area (Å²) in [6, 6.07) is 3.07. The molecule has 0 N–H and O–H groups in total. The van der Waals surface area contributed by atoms with E-state index in [0.717, 1.165) is 10.5 Å². The van der Waals surface area contributed by atoms with Crippen molar-refractivity contribution in [3.05, 3.63) is 68.8 Å². The Bertz CT molecular complexity index is 1780. The van der Waals surface area contributed by atoms with Gasteiger partial charge in [-0.2, -0.15) is 9.67 Å². The van der Waals surface area contributed by atoms with E-state index in [4.69, 9.17) is 17.6 Å². The van der Waals surface area contributed by atoms with Crippen molar-refractivity contribution < 1.29 is 9.18 Å². The van der Waals surface area contributed by atoms with Crippen LogP contribution in [0.25, 0.3) is 22.5 Å². The summed E-state index contributed by atoms with van der Waals surface area (Å²) >= 11 is 4.73. The summed E-state index contributed by atoms with van der Waals surface area (Å²) in [6.45, 7) is 8.85. The largest absolute Gasteiger partial charge is 0.355 e. The van der Waals surface area contributed by atoms with E-state index in [9.17, 15) is 9.59 Å². The summed E-state index contributed by atoms with van der Waals surface area (Å²) in [4.78, 5) is 44.5. The van der Waals surface area contributed by atoms with E-state index in [-0.39, 0.29) is 29.3 Å². The highest BCUT2D eigenvalue weighted by molar-refractivity contribution is 7.84. The van der Waals surface area contributed by atoms with Gasteiger partial charge in [-0.25, -0.2) is 18.7 Å². The number of fused-ring (bicyclic) bond motifs is 5. The quantitative estimate of drug-likeness (QED) is 0.363. The zero-order valence-corrected chi connectivity index (χ0v) is 24.1. The van der Waals surface area contributed by atoms with Crippen molar-refractivity contribution >= 4 is 35.4 Å². The minimum absolute atomic E-state index is 0.0184. The second-order valence-corrected chi connectivity index (χ2v) is 11.4. The number of carbonyl (C=O) groups is 1. The number of nitrogens with zero attached hydrogens (tertiary/aromatic N) is 9. The molecule has 1 atom stereocenters. The van der Waals surface area contributed by atoms with Crippen LogP contribution in [0.15, 0.2) is 40.3 Å². The summed E-state index contributed by atoms with van der Waals surface area (Å²) < 4.78 is 18.7. The average molecular weight is 576 g/mol. The molecule has 2 bridgehead atoms. The Morgan fingerprint density at radius 2 is 2.00 bits per heavy atom. The van der Waals surface area contributed by atoms with Crippen LogP contribution in [0.1, 0.15) is 50.6 Å². The Labute approximate surface area is 241 Å². The number of carbonyl (C=O) groups excluding carboxylic acids is 1. The van der Waals surface area contributed by atoms with Crippen LogP contribution in [-0.4, -0.2) is 71.0 Å². The predicted octanol–water partition coefficient (Wildman–Crippen LogP) is 2.99. The van der Waals surface area contributed by atoms with Crippen LogP contribution < -0.4 is 10.6 Å². The summed E-state index contributed by atoms with van der Waals surface area (Å²) in [5, 5.41) is 8.49. The zero-order chi connectivity index (χ0) is 29.0. The lowest BCUT2D eigenvalue weighted by atomic mass is 10.0. The topological polar surface area (TPSA) is 115 Å². The van der Waals surface area contributed by atoms with E-state index in [2.05, 4.69) is 20.3 Å². The molecule has 0 saturated carbocycles. The van der Waals surface area contributed by atoms with Crippen LogP contribution in [0, 0.1) is 5.82 Å². The first-order valence-corrected chi connectivity index (χ1v) is 14.0. The summed E-state index contributed by atoms with van der Waals surface area (Å²) in [6.07, 6.45) is 6.06. The Morgan fingerprint density at radius 3 is 2.73 bits per heavy atom. The Balaban J connectivity index is 1.70. The van der Waals surface area contributed by atoms with E-state index in [1.165, 1.54) is 22.2 Å². The van der Waals surface area contributed by atoms with Gasteiger partial charge >= 0.3 is 5.69 Å². The minimum Gasteiger partial charge on any atom is -0.350 e. The number of pyridine rings is 2. The van der Waals surface area contributed by atoms with E-state index in [1.807, 2.05) is 37.8 Å². The predicted molar refractivity (Wildman–Crippen MR) is 155 cm³/mol. The molecule has 1 fully saturated rings. The first kappa shape index (κ1) is 27.1. The highest BCUT2D eigenvalue weighted by atomic mass is 32.1. The molecule has 1 saturated heterocycles. The number of thiol groups is 1. The van der Waals surface area contributed by atoms with E-state index in [1.54, 1.807) is 17.3 Å². The minimum atomic E-state index is -0.629. The van der Waals surface area contributed by atoms with Gasteiger partial charge in [0.2, 0.25) is 5.91 Å². The average Bonchev–Trinajstić information content (AvgIpc) is 3.39. The van der Waals surface area contributed by atoms with Gasteiger partial charge in [-0.1, -0.05) is 25.1 Å². The third-order valence-electron chi connectivity index (χ3n) is 7.67. The van der Waals surface area contributed by atoms with E-state index >= 15 is 4.39 Å². The summed E-state index contributed by atoms with van der Waals surface area (Å²) in [7, 11) is 0. The molecule has 4 aromatic rings. The number of hydrogen-bond donors (Lipinski definition) is 1. The van der Waals surface area contributed by atoms with Crippen molar-refractivity contribution in [1.82, 2.24) is 39.4 Å². The van der Waals surface area contributed by atoms with Crippen molar-refractivity contribution in [2.24, 2.45) is 0 Å². The van der Waals surface area contributed by atoms with Gasteiger partial charge < -0.3 is 9.80 Å². The fourth-order valence-electron chi connectivity index (χ4n) is 5.62. The Kier molecular flexibility index (Phi) is 6.84. The molecule has 2 aliphatic heterocycles. The molecule has 11 nitrogen and oxygen atoms in total.